The highest BCUT2D eigenvalue weighted by Crippen LogP contribution is 2.07. The van der Waals surface area contributed by atoms with Crippen molar-refractivity contribution in [1.29, 1.82) is 5.26 Å². The summed E-state index contributed by atoms with van der Waals surface area (Å²) >= 11 is 0. The van der Waals surface area contributed by atoms with E-state index in [0.29, 0.717) is 6.42 Å². The van der Waals surface area contributed by atoms with Gasteiger partial charge in [-0.3, -0.25) is 0 Å². The van der Waals surface area contributed by atoms with Crippen LogP contribution in [0.4, 0.5) is 0 Å². The number of rotatable bonds is 2. The van der Waals surface area contributed by atoms with E-state index in [9.17, 15) is 0 Å². The van der Waals surface area contributed by atoms with E-state index in [0.717, 1.165) is 5.76 Å². The van der Waals surface area contributed by atoms with E-state index in [1.54, 1.807) is 6.26 Å². The van der Waals surface area contributed by atoms with Crippen molar-refractivity contribution in [2.75, 3.05) is 0 Å². The maximum atomic E-state index is 8.44. The molecule has 0 aliphatic carbocycles. The molecule has 0 radical (unpaired) electrons. The van der Waals surface area contributed by atoms with Crippen LogP contribution in [0.2, 0.25) is 0 Å². The van der Waals surface area contributed by atoms with Crippen molar-refractivity contribution in [3.63, 3.8) is 0 Å². The maximum Gasteiger partial charge on any atom is 0.105 e. The van der Waals surface area contributed by atoms with Crippen molar-refractivity contribution < 1.29 is 4.42 Å². The van der Waals surface area contributed by atoms with E-state index in [-0.39, 0.29) is 5.92 Å². The zero-order chi connectivity index (χ0) is 7.40. The molecule has 0 spiro atoms. The molecule has 1 atom stereocenters. The first-order valence-corrected chi connectivity index (χ1v) is 3.25. The zero-order valence-corrected chi connectivity index (χ0v) is 5.87. The van der Waals surface area contributed by atoms with Crippen molar-refractivity contribution >= 4 is 0 Å². The van der Waals surface area contributed by atoms with E-state index < -0.39 is 0 Å². The fraction of sp³-hybridized carbons (Fsp3) is 0.375. The van der Waals surface area contributed by atoms with Gasteiger partial charge in [0.2, 0.25) is 0 Å². The van der Waals surface area contributed by atoms with Gasteiger partial charge in [-0.25, -0.2) is 0 Å². The minimum absolute atomic E-state index is 0.0474. The van der Waals surface area contributed by atoms with Crippen LogP contribution in [0, 0.1) is 17.2 Å². The van der Waals surface area contributed by atoms with Crippen LogP contribution in [0.5, 0.6) is 0 Å². The molecule has 0 saturated carbocycles. The molecule has 1 aromatic rings. The molecule has 0 saturated heterocycles. The summed E-state index contributed by atoms with van der Waals surface area (Å²) < 4.78 is 5.05. The third-order valence-corrected chi connectivity index (χ3v) is 1.31. The molecule has 0 aromatic carbocycles. The van der Waals surface area contributed by atoms with Crippen LogP contribution in [0.25, 0.3) is 0 Å². The second-order valence-corrected chi connectivity index (χ2v) is 2.31. The van der Waals surface area contributed by atoms with Crippen molar-refractivity contribution in [1.82, 2.24) is 0 Å². The number of nitriles is 1. The van der Waals surface area contributed by atoms with Crippen LogP contribution < -0.4 is 0 Å². The van der Waals surface area contributed by atoms with E-state index in [1.807, 2.05) is 19.1 Å². The summed E-state index contributed by atoms with van der Waals surface area (Å²) in [5.41, 5.74) is 0. The Morgan fingerprint density at radius 2 is 2.60 bits per heavy atom. The summed E-state index contributed by atoms with van der Waals surface area (Å²) in [5, 5.41) is 8.44. The van der Waals surface area contributed by atoms with Crippen LogP contribution in [0.1, 0.15) is 12.7 Å². The fourth-order valence-corrected chi connectivity index (χ4v) is 0.776. The molecule has 1 rings (SSSR count). The average molecular weight is 135 g/mol. The number of hydrogen-bond donors (Lipinski definition) is 0. The largest absolute Gasteiger partial charge is 0.469 e. The van der Waals surface area contributed by atoms with Gasteiger partial charge in [-0.1, -0.05) is 0 Å². The predicted octanol–water partition coefficient (Wildman–Crippen LogP) is 1.98. The first-order chi connectivity index (χ1) is 4.83. The van der Waals surface area contributed by atoms with Crippen LogP contribution >= 0.6 is 0 Å². The van der Waals surface area contributed by atoms with Gasteiger partial charge in [0.05, 0.1) is 18.3 Å². The van der Waals surface area contributed by atoms with Crippen LogP contribution in [0.15, 0.2) is 22.8 Å². The van der Waals surface area contributed by atoms with E-state index in [1.165, 1.54) is 0 Å². The second kappa shape index (κ2) is 3.07. The molecule has 0 bridgehead atoms. The molecule has 10 heavy (non-hydrogen) atoms. The molecule has 0 fully saturated rings. The Labute approximate surface area is 60.1 Å². The molecule has 2 heteroatoms. The molecular weight excluding hydrogens is 126 g/mol. The third-order valence-electron chi connectivity index (χ3n) is 1.31. The van der Waals surface area contributed by atoms with Crippen molar-refractivity contribution in [2.24, 2.45) is 5.92 Å². The van der Waals surface area contributed by atoms with Gasteiger partial charge in [-0.05, 0) is 19.1 Å². The Kier molecular flexibility index (Phi) is 2.11. The highest BCUT2D eigenvalue weighted by molar-refractivity contribution is 5.01. The predicted molar refractivity (Wildman–Crippen MR) is 37.2 cm³/mol. The maximum absolute atomic E-state index is 8.44. The lowest BCUT2D eigenvalue weighted by Crippen LogP contribution is -1.93. The number of furan rings is 1. The molecule has 1 unspecified atom stereocenters. The molecule has 0 N–H and O–H groups in total. The summed E-state index contributed by atoms with van der Waals surface area (Å²) in [6.45, 7) is 1.88. The molecule has 0 aliphatic heterocycles. The van der Waals surface area contributed by atoms with Gasteiger partial charge < -0.3 is 4.42 Å². The molecular formula is C8H9NO. The van der Waals surface area contributed by atoms with E-state index in [4.69, 9.17) is 9.68 Å². The Hall–Kier alpha value is -1.23. The Balaban J connectivity index is 2.50. The quantitative estimate of drug-likeness (QED) is 0.621. The second-order valence-electron chi connectivity index (χ2n) is 2.31. The molecule has 1 aromatic heterocycles. The summed E-state index contributed by atoms with van der Waals surface area (Å²) in [4.78, 5) is 0. The zero-order valence-electron chi connectivity index (χ0n) is 5.87. The molecule has 0 amide bonds. The van der Waals surface area contributed by atoms with Gasteiger partial charge in [-0.2, -0.15) is 5.26 Å². The molecule has 2 nitrogen and oxygen atoms in total. The van der Waals surface area contributed by atoms with Gasteiger partial charge in [0.15, 0.2) is 0 Å². The molecule has 0 aliphatic rings. The monoisotopic (exact) mass is 135 g/mol. The van der Waals surface area contributed by atoms with Gasteiger partial charge in [-0.15, -0.1) is 0 Å². The first-order valence-electron chi connectivity index (χ1n) is 3.25. The highest BCUT2D eigenvalue weighted by Gasteiger charge is 2.02. The third kappa shape index (κ3) is 1.63. The Bertz CT molecular complexity index is 220. The number of hydrogen-bond acceptors (Lipinski definition) is 2. The molecule has 52 valence electrons. The fourth-order valence-electron chi connectivity index (χ4n) is 0.776. The van der Waals surface area contributed by atoms with Gasteiger partial charge in [0, 0.05) is 6.42 Å². The smallest absolute Gasteiger partial charge is 0.105 e. The van der Waals surface area contributed by atoms with Crippen LogP contribution in [-0.2, 0) is 6.42 Å². The standard InChI is InChI=1S/C8H9NO/c1-7(6-9)5-8-3-2-4-10-8/h2-4,7H,5H2,1H3. The summed E-state index contributed by atoms with van der Waals surface area (Å²) in [5.74, 6) is 0.931. The van der Waals surface area contributed by atoms with Gasteiger partial charge in [0.25, 0.3) is 0 Å². The topological polar surface area (TPSA) is 36.9 Å². The average Bonchev–Trinajstić information content (AvgIpc) is 2.40. The minimum atomic E-state index is 0.0474. The van der Waals surface area contributed by atoms with E-state index in [2.05, 4.69) is 6.07 Å². The SMILES string of the molecule is CC(C#N)Cc1ccco1. The summed E-state index contributed by atoms with van der Waals surface area (Å²) in [7, 11) is 0. The summed E-state index contributed by atoms with van der Waals surface area (Å²) in [6.07, 6.45) is 2.34. The number of nitrogens with zero attached hydrogens (tertiary/aromatic N) is 1. The lowest BCUT2D eigenvalue weighted by atomic mass is 10.1. The Morgan fingerprint density at radius 1 is 1.80 bits per heavy atom. The van der Waals surface area contributed by atoms with Crippen LogP contribution in [-0.4, -0.2) is 0 Å². The van der Waals surface area contributed by atoms with Crippen molar-refractivity contribution in [3.8, 4) is 6.07 Å². The van der Waals surface area contributed by atoms with Crippen LogP contribution in [0.3, 0.4) is 0 Å². The minimum Gasteiger partial charge on any atom is -0.469 e. The molecule has 1 heterocycles. The highest BCUT2D eigenvalue weighted by atomic mass is 16.3. The first kappa shape index (κ1) is 6.88. The van der Waals surface area contributed by atoms with E-state index >= 15 is 0 Å². The lowest BCUT2D eigenvalue weighted by molar-refractivity contribution is 0.488. The van der Waals surface area contributed by atoms with Gasteiger partial charge >= 0.3 is 0 Å². The van der Waals surface area contributed by atoms with Crippen molar-refractivity contribution in [2.45, 2.75) is 13.3 Å². The lowest BCUT2D eigenvalue weighted by Gasteiger charge is -1.95. The van der Waals surface area contributed by atoms with Gasteiger partial charge in [0.1, 0.15) is 5.76 Å². The summed E-state index contributed by atoms with van der Waals surface area (Å²) in [6, 6.07) is 5.86. The van der Waals surface area contributed by atoms with Crippen molar-refractivity contribution in [3.05, 3.63) is 24.2 Å². The normalized spacial score (nSPS) is 12.4. The Morgan fingerprint density at radius 3 is 3.10 bits per heavy atom.